The van der Waals surface area contributed by atoms with E-state index in [2.05, 4.69) is 15.2 Å². The standard InChI is InChI=1S/C17H14N4O2/c22-17-21(9-10-23-17)13-5-7-16-14(11-13)15(19-20-16)6-4-12-3-1-2-8-18-12/h1-8,11H,9-10H2,(H,19,20). The second kappa shape index (κ2) is 5.57. The van der Waals surface area contributed by atoms with Gasteiger partial charge in [0.1, 0.15) is 6.61 Å². The summed E-state index contributed by atoms with van der Waals surface area (Å²) in [4.78, 5) is 17.6. The Morgan fingerprint density at radius 1 is 1.22 bits per heavy atom. The third-order valence-corrected chi connectivity index (χ3v) is 3.75. The lowest BCUT2D eigenvalue weighted by molar-refractivity contribution is 0.181. The molecule has 0 saturated carbocycles. The van der Waals surface area contributed by atoms with Gasteiger partial charge < -0.3 is 4.74 Å². The van der Waals surface area contributed by atoms with Crippen molar-refractivity contribution in [2.45, 2.75) is 0 Å². The second-order valence-electron chi connectivity index (χ2n) is 5.19. The number of carbonyl (C=O) groups is 1. The Morgan fingerprint density at radius 2 is 2.17 bits per heavy atom. The smallest absolute Gasteiger partial charge is 0.414 e. The fraction of sp³-hybridized carbons (Fsp3) is 0.118. The molecule has 1 fully saturated rings. The van der Waals surface area contributed by atoms with E-state index in [-0.39, 0.29) is 6.09 Å². The Morgan fingerprint density at radius 3 is 2.96 bits per heavy atom. The number of pyridine rings is 1. The highest BCUT2D eigenvalue weighted by Crippen LogP contribution is 2.26. The van der Waals surface area contributed by atoms with E-state index in [1.807, 2.05) is 48.6 Å². The average molecular weight is 306 g/mol. The zero-order chi connectivity index (χ0) is 15.6. The molecule has 0 bridgehead atoms. The fourth-order valence-electron chi connectivity index (χ4n) is 2.58. The van der Waals surface area contributed by atoms with Gasteiger partial charge in [-0.15, -0.1) is 0 Å². The maximum atomic E-state index is 11.7. The normalized spacial score (nSPS) is 14.8. The van der Waals surface area contributed by atoms with Gasteiger partial charge in [0.25, 0.3) is 0 Å². The molecule has 3 heterocycles. The van der Waals surface area contributed by atoms with Gasteiger partial charge in [-0.25, -0.2) is 4.79 Å². The Kier molecular flexibility index (Phi) is 3.27. The van der Waals surface area contributed by atoms with Crippen molar-refractivity contribution in [3.63, 3.8) is 0 Å². The van der Waals surface area contributed by atoms with Crippen molar-refractivity contribution < 1.29 is 9.53 Å². The van der Waals surface area contributed by atoms with Crippen LogP contribution in [0.15, 0.2) is 42.6 Å². The van der Waals surface area contributed by atoms with E-state index >= 15 is 0 Å². The molecule has 0 atom stereocenters. The number of anilines is 1. The summed E-state index contributed by atoms with van der Waals surface area (Å²) in [7, 11) is 0. The molecule has 1 saturated heterocycles. The van der Waals surface area contributed by atoms with Crippen molar-refractivity contribution in [1.82, 2.24) is 15.2 Å². The third-order valence-electron chi connectivity index (χ3n) is 3.75. The minimum absolute atomic E-state index is 0.307. The molecule has 1 aliphatic heterocycles. The van der Waals surface area contributed by atoms with Crippen molar-refractivity contribution >= 4 is 34.8 Å². The minimum Gasteiger partial charge on any atom is -0.447 e. The van der Waals surface area contributed by atoms with E-state index in [1.165, 1.54) is 0 Å². The van der Waals surface area contributed by atoms with Gasteiger partial charge in [-0.1, -0.05) is 6.07 Å². The van der Waals surface area contributed by atoms with Crippen LogP contribution in [0.1, 0.15) is 11.4 Å². The molecule has 23 heavy (non-hydrogen) atoms. The first-order valence-corrected chi connectivity index (χ1v) is 7.33. The van der Waals surface area contributed by atoms with E-state index in [0.29, 0.717) is 13.2 Å². The quantitative estimate of drug-likeness (QED) is 0.807. The van der Waals surface area contributed by atoms with Crippen LogP contribution >= 0.6 is 0 Å². The zero-order valence-electron chi connectivity index (χ0n) is 12.3. The van der Waals surface area contributed by atoms with Gasteiger partial charge in [-0.3, -0.25) is 15.0 Å². The number of hydrogen-bond acceptors (Lipinski definition) is 4. The first kappa shape index (κ1) is 13.5. The topological polar surface area (TPSA) is 71.1 Å². The number of hydrogen-bond donors (Lipinski definition) is 1. The van der Waals surface area contributed by atoms with Crippen LogP contribution in [0.25, 0.3) is 23.1 Å². The van der Waals surface area contributed by atoms with Gasteiger partial charge in [0.15, 0.2) is 0 Å². The van der Waals surface area contributed by atoms with E-state index in [0.717, 1.165) is 28.0 Å². The molecule has 2 aromatic heterocycles. The number of benzene rings is 1. The van der Waals surface area contributed by atoms with Gasteiger partial charge in [-0.2, -0.15) is 5.10 Å². The van der Waals surface area contributed by atoms with Crippen LogP contribution in [-0.2, 0) is 4.74 Å². The number of aromatic amines is 1. The lowest BCUT2D eigenvalue weighted by Gasteiger charge is -2.12. The Balaban J connectivity index is 1.70. The van der Waals surface area contributed by atoms with Crippen LogP contribution in [0, 0.1) is 0 Å². The molecule has 114 valence electrons. The summed E-state index contributed by atoms with van der Waals surface area (Å²) in [5.41, 5.74) is 3.40. The molecular formula is C17H14N4O2. The second-order valence-corrected chi connectivity index (χ2v) is 5.19. The maximum Gasteiger partial charge on any atom is 0.414 e. The van der Waals surface area contributed by atoms with Gasteiger partial charge in [0, 0.05) is 17.3 Å². The van der Waals surface area contributed by atoms with Gasteiger partial charge >= 0.3 is 6.09 Å². The summed E-state index contributed by atoms with van der Waals surface area (Å²) in [5, 5.41) is 8.27. The lowest BCUT2D eigenvalue weighted by Crippen LogP contribution is -2.23. The third kappa shape index (κ3) is 2.55. The lowest BCUT2D eigenvalue weighted by atomic mass is 10.1. The molecule has 0 radical (unpaired) electrons. The van der Waals surface area contributed by atoms with E-state index in [9.17, 15) is 4.79 Å². The van der Waals surface area contributed by atoms with Gasteiger partial charge in [0.05, 0.1) is 23.4 Å². The predicted octanol–water partition coefficient (Wildman–Crippen LogP) is 3.08. The summed E-state index contributed by atoms with van der Waals surface area (Å²) in [6, 6.07) is 11.5. The van der Waals surface area contributed by atoms with Crippen molar-refractivity contribution in [2.24, 2.45) is 0 Å². The van der Waals surface area contributed by atoms with Crippen molar-refractivity contribution in [3.05, 3.63) is 54.0 Å². The van der Waals surface area contributed by atoms with Crippen LogP contribution in [0.4, 0.5) is 10.5 Å². The van der Waals surface area contributed by atoms with E-state index in [4.69, 9.17) is 4.74 Å². The maximum absolute atomic E-state index is 11.7. The molecule has 0 aliphatic carbocycles. The first-order valence-electron chi connectivity index (χ1n) is 7.33. The fourth-order valence-corrected chi connectivity index (χ4v) is 2.58. The number of nitrogens with one attached hydrogen (secondary N) is 1. The van der Waals surface area contributed by atoms with Crippen LogP contribution in [0.3, 0.4) is 0 Å². The minimum atomic E-state index is -0.307. The number of H-pyrrole nitrogens is 1. The van der Waals surface area contributed by atoms with Crippen LogP contribution in [-0.4, -0.2) is 34.4 Å². The number of ether oxygens (including phenoxy) is 1. The zero-order valence-corrected chi connectivity index (χ0v) is 12.3. The van der Waals surface area contributed by atoms with E-state index < -0.39 is 0 Å². The highest BCUT2D eigenvalue weighted by atomic mass is 16.6. The number of amides is 1. The number of aromatic nitrogens is 3. The number of nitrogens with zero attached hydrogens (tertiary/aromatic N) is 3. The first-order chi connectivity index (χ1) is 11.3. The molecule has 1 aliphatic rings. The SMILES string of the molecule is O=C1OCCN1c1ccc2[nH]nc(C=Cc3ccccn3)c2c1. The monoisotopic (exact) mass is 306 g/mol. The van der Waals surface area contributed by atoms with Crippen molar-refractivity contribution in [2.75, 3.05) is 18.1 Å². The Hall–Kier alpha value is -3.15. The van der Waals surface area contributed by atoms with Crippen LogP contribution in [0.5, 0.6) is 0 Å². The molecule has 6 heteroatoms. The molecule has 6 nitrogen and oxygen atoms in total. The molecule has 0 unspecified atom stereocenters. The van der Waals surface area contributed by atoms with Crippen molar-refractivity contribution in [1.29, 1.82) is 0 Å². The highest BCUT2D eigenvalue weighted by Gasteiger charge is 2.23. The number of carbonyl (C=O) groups excluding carboxylic acids is 1. The van der Waals surface area contributed by atoms with Crippen molar-refractivity contribution in [3.8, 4) is 0 Å². The highest BCUT2D eigenvalue weighted by molar-refractivity contribution is 5.96. The average Bonchev–Trinajstić information content (AvgIpc) is 3.19. The number of fused-ring (bicyclic) bond motifs is 1. The molecule has 1 aromatic carbocycles. The Bertz CT molecular complexity index is 886. The summed E-state index contributed by atoms with van der Waals surface area (Å²) < 4.78 is 4.99. The van der Waals surface area contributed by atoms with Crippen LogP contribution in [0.2, 0.25) is 0 Å². The Labute approximate surface area is 132 Å². The van der Waals surface area contributed by atoms with E-state index in [1.54, 1.807) is 11.1 Å². The molecular weight excluding hydrogens is 292 g/mol. The molecule has 0 spiro atoms. The molecule has 1 amide bonds. The summed E-state index contributed by atoms with van der Waals surface area (Å²) in [6.45, 7) is 0.996. The molecule has 1 N–H and O–H groups in total. The number of rotatable bonds is 3. The molecule has 4 rings (SSSR count). The number of cyclic esters (lactones) is 1. The van der Waals surface area contributed by atoms with Gasteiger partial charge in [0.2, 0.25) is 0 Å². The summed E-state index contributed by atoms with van der Waals surface area (Å²) >= 11 is 0. The molecule has 3 aromatic rings. The largest absolute Gasteiger partial charge is 0.447 e. The van der Waals surface area contributed by atoms with Crippen LogP contribution < -0.4 is 4.90 Å². The van der Waals surface area contributed by atoms with Gasteiger partial charge in [-0.05, 0) is 42.5 Å². The predicted molar refractivity (Wildman–Crippen MR) is 88.0 cm³/mol. The summed E-state index contributed by atoms with van der Waals surface area (Å²) in [5.74, 6) is 0. The summed E-state index contributed by atoms with van der Waals surface area (Å²) in [6.07, 6.45) is 5.26.